The summed E-state index contributed by atoms with van der Waals surface area (Å²) in [4.78, 5) is 26.5. The molecule has 132 valence electrons. The van der Waals surface area contributed by atoms with Crippen molar-refractivity contribution in [1.29, 1.82) is 0 Å². The van der Waals surface area contributed by atoms with Gasteiger partial charge in [-0.3, -0.25) is 9.59 Å². The zero-order valence-electron chi connectivity index (χ0n) is 14.4. The first-order chi connectivity index (χ1) is 12.1. The molecule has 0 atom stereocenters. The summed E-state index contributed by atoms with van der Waals surface area (Å²) in [5, 5.41) is 4.20. The maximum Gasteiger partial charge on any atom is 0.278 e. The fourth-order valence-electron chi connectivity index (χ4n) is 2.95. The van der Waals surface area contributed by atoms with Gasteiger partial charge in [-0.05, 0) is 42.7 Å². The third-order valence-electron chi connectivity index (χ3n) is 4.24. The summed E-state index contributed by atoms with van der Waals surface area (Å²) in [6.45, 7) is 1.29. The molecule has 2 aromatic rings. The molecular weight excluding hydrogens is 322 g/mol. The number of fused-ring (bicyclic) bond motifs is 1. The molecule has 0 saturated heterocycles. The van der Waals surface area contributed by atoms with Crippen LogP contribution in [0.4, 0.5) is 5.69 Å². The second kappa shape index (κ2) is 7.48. The molecule has 1 aromatic heterocycles. The molecule has 0 fully saturated rings. The van der Waals surface area contributed by atoms with Gasteiger partial charge in [0.2, 0.25) is 0 Å². The van der Waals surface area contributed by atoms with Gasteiger partial charge in [0.15, 0.2) is 0 Å². The van der Waals surface area contributed by atoms with E-state index in [-0.39, 0.29) is 17.2 Å². The van der Waals surface area contributed by atoms with Crippen molar-refractivity contribution >= 4 is 11.6 Å². The number of aryl methyl sites for hydroxylation is 1. The number of carbonyl (C=O) groups is 1. The average molecular weight is 343 g/mol. The molecule has 7 nitrogen and oxygen atoms in total. The van der Waals surface area contributed by atoms with Crippen molar-refractivity contribution in [2.45, 2.75) is 19.4 Å². The molecule has 0 bridgehead atoms. The summed E-state index contributed by atoms with van der Waals surface area (Å²) in [5.74, 6) is 0.566. The number of carbonyl (C=O) groups excluding carboxylic acids is 1. The highest BCUT2D eigenvalue weighted by atomic mass is 16.5. The van der Waals surface area contributed by atoms with Crippen molar-refractivity contribution < 1.29 is 14.3 Å². The second-order valence-electron chi connectivity index (χ2n) is 5.83. The molecule has 0 radical (unpaired) electrons. The molecule has 0 aliphatic carbocycles. The van der Waals surface area contributed by atoms with Crippen molar-refractivity contribution in [2.24, 2.45) is 0 Å². The van der Waals surface area contributed by atoms with E-state index >= 15 is 0 Å². The Bertz CT molecular complexity index is 831. The molecule has 2 heterocycles. The van der Waals surface area contributed by atoms with Gasteiger partial charge in [-0.15, -0.1) is 0 Å². The first-order valence-corrected chi connectivity index (χ1v) is 8.20. The van der Waals surface area contributed by atoms with Gasteiger partial charge in [0.25, 0.3) is 11.5 Å². The van der Waals surface area contributed by atoms with Crippen molar-refractivity contribution in [3.8, 4) is 5.75 Å². The topological polar surface area (TPSA) is 73.7 Å². The standard InChI is InChI=1S/C18H21N3O4/c1-24-11-10-21-17(22)8-6-15(19-21)18(23)20-9-3-4-13-12-14(25-2)5-7-16(13)20/h5-8,12H,3-4,9-11H2,1-2H3. The Morgan fingerprint density at radius 1 is 1.24 bits per heavy atom. The highest BCUT2D eigenvalue weighted by Crippen LogP contribution is 2.31. The molecule has 1 aromatic carbocycles. The number of hydrogen-bond donors (Lipinski definition) is 0. The van der Waals surface area contributed by atoms with Gasteiger partial charge in [-0.1, -0.05) is 0 Å². The molecule has 0 unspecified atom stereocenters. The highest BCUT2D eigenvalue weighted by Gasteiger charge is 2.25. The minimum atomic E-state index is -0.252. The molecule has 0 spiro atoms. The van der Waals surface area contributed by atoms with E-state index < -0.39 is 0 Å². The van der Waals surface area contributed by atoms with Crippen molar-refractivity contribution in [2.75, 3.05) is 32.3 Å². The van der Waals surface area contributed by atoms with Crippen molar-refractivity contribution in [3.63, 3.8) is 0 Å². The van der Waals surface area contributed by atoms with E-state index in [0.29, 0.717) is 19.7 Å². The van der Waals surface area contributed by atoms with Gasteiger partial charge in [-0.2, -0.15) is 5.10 Å². The largest absolute Gasteiger partial charge is 0.497 e. The molecule has 1 aliphatic rings. The lowest BCUT2D eigenvalue weighted by atomic mass is 10.0. The Hall–Kier alpha value is -2.67. The van der Waals surface area contributed by atoms with Crippen LogP contribution in [-0.4, -0.2) is 43.1 Å². The zero-order chi connectivity index (χ0) is 17.8. The predicted molar refractivity (Wildman–Crippen MR) is 93.4 cm³/mol. The third kappa shape index (κ3) is 3.56. The normalized spacial score (nSPS) is 13.4. The van der Waals surface area contributed by atoms with E-state index in [1.54, 1.807) is 19.1 Å². The molecular formula is C18H21N3O4. The molecule has 25 heavy (non-hydrogen) atoms. The van der Waals surface area contributed by atoms with Crippen LogP contribution in [0.15, 0.2) is 35.1 Å². The van der Waals surface area contributed by atoms with E-state index in [1.807, 2.05) is 18.2 Å². The number of aromatic nitrogens is 2. The maximum absolute atomic E-state index is 12.9. The molecule has 1 aliphatic heterocycles. The van der Waals surface area contributed by atoms with Crippen LogP contribution in [0.2, 0.25) is 0 Å². The number of benzene rings is 1. The molecule has 0 saturated carbocycles. The van der Waals surface area contributed by atoms with Crippen LogP contribution in [0.5, 0.6) is 5.75 Å². The summed E-state index contributed by atoms with van der Waals surface area (Å²) in [7, 11) is 3.18. The second-order valence-corrected chi connectivity index (χ2v) is 5.83. The average Bonchev–Trinajstić information content (AvgIpc) is 2.65. The summed E-state index contributed by atoms with van der Waals surface area (Å²) in [6.07, 6.45) is 1.77. The quantitative estimate of drug-likeness (QED) is 0.822. The van der Waals surface area contributed by atoms with Gasteiger partial charge in [0.05, 0.1) is 20.3 Å². The van der Waals surface area contributed by atoms with Crippen LogP contribution in [0, 0.1) is 0 Å². The van der Waals surface area contributed by atoms with Gasteiger partial charge >= 0.3 is 0 Å². The lowest BCUT2D eigenvalue weighted by Crippen LogP contribution is -2.37. The summed E-state index contributed by atoms with van der Waals surface area (Å²) in [5.41, 5.74) is 1.94. The minimum Gasteiger partial charge on any atom is -0.497 e. The summed E-state index contributed by atoms with van der Waals surface area (Å²) in [6, 6.07) is 8.55. The molecule has 1 amide bonds. The maximum atomic E-state index is 12.9. The number of amides is 1. The lowest BCUT2D eigenvalue weighted by Gasteiger charge is -2.29. The van der Waals surface area contributed by atoms with E-state index in [1.165, 1.54) is 16.8 Å². The number of anilines is 1. The number of methoxy groups -OCH3 is 2. The van der Waals surface area contributed by atoms with Crippen LogP contribution < -0.4 is 15.2 Å². The smallest absolute Gasteiger partial charge is 0.278 e. The first-order valence-electron chi connectivity index (χ1n) is 8.20. The minimum absolute atomic E-state index is 0.211. The van der Waals surface area contributed by atoms with Crippen LogP contribution in [0.1, 0.15) is 22.5 Å². The Morgan fingerprint density at radius 2 is 2.08 bits per heavy atom. The van der Waals surface area contributed by atoms with Crippen LogP contribution >= 0.6 is 0 Å². The Labute approximate surface area is 145 Å². The lowest BCUT2D eigenvalue weighted by molar-refractivity contribution is 0.0976. The van der Waals surface area contributed by atoms with E-state index in [0.717, 1.165) is 29.8 Å². The SMILES string of the molecule is COCCn1nc(C(=O)N2CCCc3cc(OC)ccc32)ccc1=O. The molecule has 7 heteroatoms. The number of rotatable bonds is 5. The molecule has 0 N–H and O–H groups in total. The van der Waals surface area contributed by atoms with Crippen molar-refractivity contribution in [1.82, 2.24) is 9.78 Å². The van der Waals surface area contributed by atoms with Gasteiger partial charge in [0.1, 0.15) is 11.4 Å². The van der Waals surface area contributed by atoms with Crippen LogP contribution in [0.3, 0.4) is 0 Å². The fraction of sp³-hybridized carbons (Fsp3) is 0.389. The van der Waals surface area contributed by atoms with Gasteiger partial charge < -0.3 is 14.4 Å². The van der Waals surface area contributed by atoms with Crippen LogP contribution in [0.25, 0.3) is 0 Å². The van der Waals surface area contributed by atoms with E-state index in [9.17, 15) is 9.59 Å². The Balaban J connectivity index is 1.91. The monoisotopic (exact) mass is 343 g/mol. The van der Waals surface area contributed by atoms with Crippen molar-refractivity contribution in [3.05, 3.63) is 51.9 Å². The van der Waals surface area contributed by atoms with Gasteiger partial charge in [-0.25, -0.2) is 4.68 Å². The predicted octanol–water partition coefficient (Wildman–Crippen LogP) is 1.49. The number of ether oxygens (including phenoxy) is 2. The summed E-state index contributed by atoms with van der Waals surface area (Å²) < 4.78 is 11.5. The third-order valence-corrected chi connectivity index (χ3v) is 4.24. The zero-order valence-corrected chi connectivity index (χ0v) is 14.4. The van der Waals surface area contributed by atoms with Crippen LogP contribution in [-0.2, 0) is 17.7 Å². The first kappa shape index (κ1) is 17.2. The Kier molecular flexibility index (Phi) is 5.14. The highest BCUT2D eigenvalue weighted by molar-refractivity contribution is 6.05. The number of hydrogen-bond acceptors (Lipinski definition) is 5. The van der Waals surface area contributed by atoms with Gasteiger partial charge in [0, 0.05) is 25.4 Å². The van der Waals surface area contributed by atoms with E-state index in [4.69, 9.17) is 9.47 Å². The fourth-order valence-corrected chi connectivity index (χ4v) is 2.95. The van der Waals surface area contributed by atoms with E-state index in [2.05, 4.69) is 5.10 Å². The molecule has 3 rings (SSSR count). The Morgan fingerprint density at radius 3 is 2.84 bits per heavy atom. The number of nitrogens with zero attached hydrogens (tertiary/aromatic N) is 3. The summed E-state index contributed by atoms with van der Waals surface area (Å²) >= 11 is 0.